The van der Waals surface area contributed by atoms with E-state index < -0.39 is 39.2 Å². The molecule has 0 saturated carbocycles. The Balaban J connectivity index is 0.000000167. The molecular formula is C104H97Ir3N9O3-6. The van der Waals surface area contributed by atoms with Crippen molar-refractivity contribution in [2.75, 3.05) is 0 Å². The maximum atomic E-state index is 8.49. The van der Waals surface area contributed by atoms with Gasteiger partial charge in [-0.2, -0.15) is 0 Å². The van der Waals surface area contributed by atoms with Crippen molar-refractivity contribution in [1.29, 1.82) is 0 Å². The first-order valence-corrected chi connectivity index (χ1v) is 38.0. The molecule has 12 aromatic heterocycles. The van der Waals surface area contributed by atoms with Gasteiger partial charge in [-0.05, 0) is 172 Å². The normalized spacial score (nSPS) is 13.8. The van der Waals surface area contributed by atoms with Crippen molar-refractivity contribution in [1.82, 2.24) is 44.9 Å². The maximum absolute atomic E-state index is 8.49. The van der Waals surface area contributed by atoms with E-state index in [-0.39, 0.29) is 71.1 Å². The van der Waals surface area contributed by atoms with Gasteiger partial charge in [-0.1, -0.05) is 179 Å². The average molecular weight is 2110 g/mol. The second-order valence-corrected chi connectivity index (χ2v) is 30.6. The molecule has 0 bridgehead atoms. The van der Waals surface area contributed by atoms with Gasteiger partial charge in [0.25, 0.3) is 0 Å². The zero-order valence-corrected chi connectivity index (χ0v) is 75.9. The first-order chi connectivity index (χ1) is 61.1. The third-order valence-electron chi connectivity index (χ3n) is 19.4. The number of fused-ring (bicyclic) bond motifs is 9. The molecule has 12 nitrogen and oxygen atoms in total. The van der Waals surface area contributed by atoms with E-state index in [4.69, 9.17) is 42.4 Å². The van der Waals surface area contributed by atoms with Crippen LogP contribution >= 0.6 is 0 Å². The maximum Gasteiger partial charge on any atom is 0.216 e. The van der Waals surface area contributed by atoms with Crippen LogP contribution in [0, 0.1) is 98.5 Å². The van der Waals surface area contributed by atoms with Crippen LogP contribution in [-0.2, 0) is 71.1 Å². The Labute approximate surface area is 760 Å². The zero-order chi connectivity index (χ0) is 94.0. The molecule has 6 aromatic carbocycles. The quantitative estimate of drug-likeness (QED) is 0.133. The largest absolute Gasteiger partial charge is 0.486 e. The van der Waals surface area contributed by atoms with E-state index in [2.05, 4.69) is 132 Å². The number of aromatic nitrogens is 9. The van der Waals surface area contributed by atoms with Gasteiger partial charge in [-0.15, -0.1) is 162 Å². The minimum Gasteiger partial charge on any atom is -0.486 e. The van der Waals surface area contributed by atoms with Crippen molar-refractivity contribution in [3.8, 4) is 67.5 Å². The Morgan fingerprint density at radius 3 is 1.18 bits per heavy atom. The van der Waals surface area contributed by atoms with E-state index in [1.807, 2.05) is 179 Å². The summed E-state index contributed by atoms with van der Waals surface area (Å²) in [5, 5.41) is 5.85. The van der Waals surface area contributed by atoms with Crippen molar-refractivity contribution in [2.45, 2.75) is 154 Å². The van der Waals surface area contributed by atoms with Gasteiger partial charge in [0, 0.05) is 149 Å². The summed E-state index contributed by atoms with van der Waals surface area (Å²) in [6.07, 6.45) is 9.35. The summed E-state index contributed by atoms with van der Waals surface area (Å²) in [6.45, 7) is 20.7. The molecule has 0 saturated heterocycles. The predicted molar refractivity (Wildman–Crippen MR) is 474 cm³/mol. The van der Waals surface area contributed by atoms with Gasteiger partial charge in [0.15, 0.2) is 0 Å². The van der Waals surface area contributed by atoms with E-state index in [0.717, 1.165) is 139 Å². The second kappa shape index (κ2) is 39.7. The molecule has 0 aliphatic carbocycles. The van der Waals surface area contributed by atoms with Gasteiger partial charge in [0.1, 0.15) is 0 Å². The van der Waals surface area contributed by atoms with Crippen LogP contribution in [0.25, 0.3) is 134 Å². The van der Waals surface area contributed by atoms with Crippen molar-refractivity contribution < 1.29 is 92.8 Å². The molecule has 0 fully saturated rings. The van der Waals surface area contributed by atoms with Crippen molar-refractivity contribution in [3.63, 3.8) is 0 Å². The molecule has 119 heavy (non-hydrogen) atoms. The Morgan fingerprint density at radius 2 is 0.782 bits per heavy atom. The monoisotopic (exact) mass is 2110 g/mol. The van der Waals surface area contributed by atoms with Crippen molar-refractivity contribution in [2.24, 2.45) is 0 Å². The van der Waals surface area contributed by atoms with E-state index >= 15 is 0 Å². The molecule has 18 rings (SSSR count). The van der Waals surface area contributed by atoms with Gasteiger partial charge in [-0.25, -0.2) is 15.0 Å². The van der Waals surface area contributed by atoms with Crippen LogP contribution in [0.5, 0.6) is 0 Å². The van der Waals surface area contributed by atoms with Gasteiger partial charge in [0.2, 0.25) is 17.1 Å². The standard InChI is InChI=1S/C24H25N2O.C21H19N2O.C20H17N2O.3C13H12N.3Ir/c1-14(2)16-10-11-25-19(13-16)17-8-7-9-18-21-15(3)12-20(24(4,5)6)26-23(21)27-22(17)18;1-13-12-17(21(2,3)4)23-20-18(13)15-9-7-8-14(19(15)24-20)16-10-5-6-11-22-16;1-12(2)14-9-10-15(17-6-4-5-11-21-17)19-18(14)16-8-7-13(3)22-20(16)23-19;3*1-10-8-13(14-9-11(10)2)12-6-4-3-5-7-12;;;/h7,9-14H,1-6H3;5-7,9-12H,1-4H3;4-9,11-12H,1-3H3;3*3-6,8-9H,1-2H3;;;/q6*-1;;;/i1D3,14D;;12D;3*2D3;;;. The van der Waals surface area contributed by atoms with E-state index in [1.54, 1.807) is 63.5 Å². The first-order valence-electron chi connectivity index (χ1n) is 45.0. The number of furan rings is 3. The van der Waals surface area contributed by atoms with Crippen LogP contribution in [-0.4, -0.2) is 44.9 Å². The van der Waals surface area contributed by atoms with Crippen LogP contribution in [0.3, 0.4) is 0 Å². The number of hydrogen-bond donors (Lipinski definition) is 0. The Kier molecular flexibility index (Phi) is 24.1. The third kappa shape index (κ3) is 21.2. The molecule has 15 heteroatoms. The summed E-state index contributed by atoms with van der Waals surface area (Å²) < 4.78 is 125. The van der Waals surface area contributed by atoms with E-state index in [1.165, 1.54) is 37.3 Å². The predicted octanol–water partition coefficient (Wildman–Crippen LogP) is 26.8. The molecule has 1 unspecified atom stereocenters. The summed E-state index contributed by atoms with van der Waals surface area (Å²) >= 11 is 0. The molecule has 0 aliphatic rings. The van der Waals surface area contributed by atoms with Gasteiger partial charge in [0.05, 0.1) is 28.1 Å². The number of aryl methyl sites for hydroxylation is 9. The Bertz CT molecular complexity index is 6860. The Morgan fingerprint density at radius 1 is 0.353 bits per heavy atom. The number of nitrogens with zero attached hydrogens (tertiary/aromatic N) is 9. The molecule has 0 amide bonds. The molecule has 0 N–H and O–H groups in total. The van der Waals surface area contributed by atoms with Crippen LogP contribution in [0.2, 0.25) is 0 Å². The van der Waals surface area contributed by atoms with Gasteiger partial charge >= 0.3 is 0 Å². The zero-order valence-electron chi connectivity index (χ0n) is 82.7. The number of pyridine rings is 9. The Hall–Kier alpha value is -11.0. The van der Waals surface area contributed by atoms with E-state index in [9.17, 15) is 0 Å². The second-order valence-electron chi connectivity index (χ2n) is 30.6. The fourth-order valence-electron chi connectivity index (χ4n) is 13.0. The van der Waals surface area contributed by atoms with Gasteiger partial charge in [-0.3, -0.25) is 0 Å². The van der Waals surface area contributed by atoms with E-state index in [0.29, 0.717) is 61.8 Å². The SMILES string of the molecule is Cc1cc(C(C)(C)C)nc2oc3c(-c4ccccn4)[c-]ccc3c12.[2H]C(C)(C)c1c[c-]c(-c2ccccn2)c2oc3nc(C)ccc3c12.[2H]C([2H])([2H])C([2H])(C)c1ccnc(-c2[c-]ccc3c2oc2nc(C(C)(C)C)cc(C)c23)c1.[2H]C([2H])([2H])c1cnc(-c2[c-]cccc2)cc1C.[2H]C([2H])([2H])c1cnc(-c2[c-]cccc2)cc1C.[2H]C([2H])([2H])c1cnc(-c2[c-]cccc2)cc1C.[Ir].[Ir].[Ir]. The van der Waals surface area contributed by atoms with Crippen LogP contribution < -0.4 is 0 Å². The van der Waals surface area contributed by atoms with Crippen molar-refractivity contribution in [3.05, 3.63) is 340 Å². The first kappa shape index (κ1) is 72.1. The number of hydrogen-bond acceptors (Lipinski definition) is 12. The van der Waals surface area contributed by atoms with Crippen molar-refractivity contribution >= 4 is 66.2 Å². The summed E-state index contributed by atoms with van der Waals surface area (Å²) in [6, 6.07) is 79.4. The summed E-state index contributed by atoms with van der Waals surface area (Å²) in [5.41, 5.74) is 22.6. The van der Waals surface area contributed by atoms with Crippen LogP contribution in [0.4, 0.5) is 0 Å². The van der Waals surface area contributed by atoms with Crippen LogP contribution in [0.1, 0.15) is 173 Å². The molecule has 0 aliphatic heterocycles. The molecule has 0 spiro atoms. The molecule has 609 valence electrons. The summed E-state index contributed by atoms with van der Waals surface area (Å²) in [4.78, 5) is 39.9. The summed E-state index contributed by atoms with van der Waals surface area (Å²) in [7, 11) is 0. The molecule has 3 radical (unpaired) electrons. The molecule has 12 heterocycles. The summed E-state index contributed by atoms with van der Waals surface area (Å²) in [5.74, 6) is -2.52. The fraction of sp³-hybridized carbons (Fsp3) is 0.221. The molecule has 18 aromatic rings. The van der Waals surface area contributed by atoms with Gasteiger partial charge < -0.3 is 43.2 Å². The minimum absolute atomic E-state index is 0. The minimum atomic E-state index is -2.47. The number of benzene rings is 6. The third-order valence-corrected chi connectivity index (χ3v) is 19.4. The topological polar surface area (TPSA) is 155 Å². The number of rotatable bonds is 8. The molecular weight excluding hydrogens is 2000 g/mol. The van der Waals surface area contributed by atoms with Crippen LogP contribution in [0.15, 0.2) is 245 Å². The molecule has 1 atom stereocenters. The fourth-order valence-corrected chi connectivity index (χ4v) is 13.0. The smallest absolute Gasteiger partial charge is 0.216 e. The average Bonchev–Trinajstić information content (AvgIpc) is 1.60.